The van der Waals surface area contributed by atoms with E-state index in [1.54, 1.807) is 14.0 Å². The Bertz CT molecular complexity index is 477. The molecule has 0 aliphatic rings. The van der Waals surface area contributed by atoms with Crippen molar-refractivity contribution in [3.8, 4) is 11.6 Å². The van der Waals surface area contributed by atoms with Gasteiger partial charge in [-0.1, -0.05) is 5.21 Å². The van der Waals surface area contributed by atoms with Crippen molar-refractivity contribution in [1.82, 2.24) is 20.0 Å². The van der Waals surface area contributed by atoms with Crippen LogP contribution in [-0.2, 0) is 7.05 Å². The lowest BCUT2D eigenvalue weighted by atomic mass is 10.3. The predicted octanol–water partition coefficient (Wildman–Crippen LogP) is 1.72. The molecule has 0 amide bonds. The van der Waals surface area contributed by atoms with Gasteiger partial charge in [0.2, 0.25) is 5.89 Å². The van der Waals surface area contributed by atoms with Crippen molar-refractivity contribution < 1.29 is 13.2 Å². The number of hydrogen-bond acceptors (Lipinski definition) is 4. The van der Waals surface area contributed by atoms with E-state index in [0.29, 0.717) is 11.4 Å². The molecule has 2 aromatic rings. The zero-order valence-electron chi connectivity index (χ0n) is 8.11. The molecule has 0 N–H and O–H groups in total. The zero-order chi connectivity index (χ0) is 11.0. The van der Waals surface area contributed by atoms with Crippen LogP contribution in [0.2, 0.25) is 0 Å². The van der Waals surface area contributed by atoms with Gasteiger partial charge >= 0.3 is 0 Å². The van der Waals surface area contributed by atoms with Crippen LogP contribution in [0.4, 0.5) is 8.78 Å². The normalized spacial score (nSPS) is 11.3. The molecule has 2 rings (SSSR count). The van der Waals surface area contributed by atoms with Crippen molar-refractivity contribution in [1.29, 1.82) is 0 Å². The van der Waals surface area contributed by atoms with E-state index in [1.165, 1.54) is 4.68 Å². The Hall–Kier alpha value is -1.79. The van der Waals surface area contributed by atoms with Crippen molar-refractivity contribution in [3.63, 3.8) is 0 Å². The first kappa shape index (κ1) is 9.75. The molecule has 0 aliphatic heterocycles. The van der Waals surface area contributed by atoms with E-state index in [1.807, 2.05) is 0 Å². The number of hydrogen-bond donors (Lipinski definition) is 0. The Morgan fingerprint density at radius 3 is 2.67 bits per heavy atom. The van der Waals surface area contributed by atoms with E-state index < -0.39 is 12.1 Å². The number of aryl methyl sites for hydroxylation is 1. The Labute approximate surface area is 83.7 Å². The highest BCUT2D eigenvalue weighted by atomic mass is 19.3. The minimum Gasteiger partial charge on any atom is -0.443 e. The predicted molar refractivity (Wildman–Crippen MR) is 46.2 cm³/mol. The quantitative estimate of drug-likeness (QED) is 0.763. The first-order chi connectivity index (χ1) is 7.09. The van der Waals surface area contributed by atoms with Crippen LogP contribution >= 0.6 is 0 Å². The van der Waals surface area contributed by atoms with E-state index in [2.05, 4.69) is 15.3 Å². The summed E-state index contributed by atoms with van der Waals surface area (Å²) in [5.41, 5.74) is 0.692. The fourth-order valence-corrected chi connectivity index (χ4v) is 1.10. The number of oxazole rings is 1. The second-order valence-electron chi connectivity index (χ2n) is 3.03. The van der Waals surface area contributed by atoms with Gasteiger partial charge in [0.15, 0.2) is 5.69 Å². The second-order valence-corrected chi connectivity index (χ2v) is 3.03. The van der Waals surface area contributed by atoms with E-state index in [-0.39, 0.29) is 5.89 Å². The maximum Gasteiger partial charge on any atom is 0.283 e. The van der Waals surface area contributed by atoms with Gasteiger partial charge in [-0.05, 0) is 6.92 Å². The molecule has 0 aliphatic carbocycles. The number of aromatic nitrogens is 4. The summed E-state index contributed by atoms with van der Waals surface area (Å²) in [5, 5.41) is 7.50. The van der Waals surface area contributed by atoms with Crippen LogP contribution in [-0.4, -0.2) is 20.0 Å². The van der Waals surface area contributed by atoms with Crippen molar-refractivity contribution in [2.75, 3.05) is 0 Å². The Morgan fingerprint density at radius 2 is 2.20 bits per heavy atom. The van der Waals surface area contributed by atoms with Gasteiger partial charge in [0.1, 0.15) is 12.0 Å². The number of nitrogens with zero attached hydrogens (tertiary/aromatic N) is 4. The van der Waals surface area contributed by atoms with Crippen molar-refractivity contribution in [2.24, 2.45) is 7.05 Å². The van der Waals surface area contributed by atoms with Gasteiger partial charge in [-0.2, -0.15) is 0 Å². The summed E-state index contributed by atoms with van der Waals surface area (Å²) in [6.45, 7) is 1.75. The molecule has 0 saturated heterocycles. The van der Waals surface area contributed by atoms with Crippen LogP contribution < -0.4 is 0 Å². The lowest BCUT2D eigenvalue weighted by molar-refractivity contribution is 0.146. The molecule has 0 spiro atoms. The van der Waals surface area contributed by atoms with Crippen LogP contribution in [0.5, 0.6) is 0 Å². The maximum atomic E-state index is 12.2. The maximum absolute atomic E-state index is 12.2. The van der Waals surface area contributed by atoms with Crippen LogP contribution in [0, 0.1) is 6.92 Å². The van der Waals surface area contributed by atoms with Crippen molar-refractivity contribution >= 4 is 0 Å². The molecule has 2 heterocycles. The molecule has 7 heteroatoms. The molecule has 0 saturated carbocycles. The largest absolute Gasteiger partial charge is 0.443 e. The SMILES string of the molecule is Cc1c(-c2nc(C(F)F)co2)nnn1C. The summed E-state index contributed by atoms with van der Waals surface area (Å²) in [6, 6.07) is 0. The molecule has 0 unspecified atom stereocenters. The summed E-state index contributed by atoms with van der Waals surface area (Å²) in [6.07, 6.45) is -1.71. The highest BCUT2D eigenvalue weighted by Crippen LogP contribution is 2.23. The molecule has 2 aromatic heterocycles. The fourth-order valence-electron chi connectivity index (χ4n) is 1.10. The molecule has 5 nitrogen and oxygen atoms in total. The minimum absolute atomic E-state index is 0.0656. The zero-order valence-corrected chi connectivity index (χ0v) is 8.11. The summed E-state index contributed by atoms with van der Waals surface area (Å²) in [4.78, 5) is 3.62. The average molecular weight is 214 g/mol. The smallest absolute Gasteiger partial charge is 0.283 e. The molecule has 0 radical (unpaired) electrons. The number of rotatable bonds is 2. The monoisotopic (exact) mass is 214 g/mol. The second kappa shape index (κ2) is 3.41. The minimum atomic E-state index is -2.64. The molecular weight excluding hydrogens is 206 g/mol. The third kappa shape index (κ3) is 1.60. The highest BCUT2D eigenvalue weighted by molar-refractivity contribution is 5.49. The summed E-state index contributed by atoms with van der Waals surface area (Å²) >= 11 is 0. The molecular formula is C8H8F2N4O. The highest BCUT2D eigenvalue weighted by Gasteiger charge is 2.18. The van der Waals surface area contributed by atoms with E-state index in [4.69, 9.17) is 4.42 Å². The number of halogens is 2. The van der Waals surface area contributed by atoms with E-state index >= 15 is 0 Å². The molecule has 0 bridgehead atoms. The Morgan fingerprint density at radius 1 is 1.47 bits per heavy atom. The summed E-state index contributed by atoms with van der Waals surface area (Å²) < 4.78 is 30.9. The lowest BCUT2D eigenvalue weighted by Gasteiger charge is -1.92. The Kier molecular flexibility index (Phi) is 2.22. The standard InChI is InChI=1S/C8H8F2N4O/c1-4-6(12-13-14(4)2)8-11-5(3-15-8)7(9)10/h3,7H,1-2H3. The van der Waals surface area contributed by atoms with Gasteiger partial charge in [0, 0.05) is 7.05 Å². The molecule has 0 aromatic carbocycles. The van der Waals surface area contributed by atoms with Crippen molar-refractivity contribution in [2.45, 2.75) is 13.3 Å². The number of alkyl halides is 2. The summed E-state index contributed by atoms with van der Waals surface area (Å²) in [7, 11) is 1.70. The lowest BCUT2D eigenvalue weighted by Crippen LogP contribution is -1.92. The van der Waals surface area contributed by atoms with Gasteiger partial charge in [-0.15, -0.1) is 5.10 Å². The van der Waals surface area contributed by atoms with Crippen LogP contribution in [0.1, 0.15) is 17.8 Å². The first-order valence-electron chi connectivity index (χ1n) is 4.20. The van der Waals surface area contributed by atoms with E-state index in [0.717, 1.165) is 6.26 Å². The fraction of sp³-hybridized carbons (Fsp3) is 0.375. The molecule has 15 heavy (non-hydrogen) atoms. The third-order valence-corrected chi connectivity index (χ3v) is 2.06. The average Bonchev–Trinajstić information content (AvgIpc) is 2.76. The topological polar surface area (TPSA) is 56.7 Å². The molecule has 0 atom stereocenters. The van der Waals surface area contributed by atoms with Gasteiger partial charge in [0.25, 0.3) is 6.43 Å². The summed E-state index contributed by atoms with van der Waals surface area (Å²) in [5.74, 6) is 0.0656. The molecule has 80 valence electrons. The van der Waals surface area contributed by atoms with Crippen molar-refractivity contribution in [3.05, 3.63) is 17.7 Å². The van der Waals surface area contributed by atoms with Gasteiger partial charge < -0.3 is 4.42 Å². The van der Waals surface area contributed by atoms with Crippen LogP contribution in [0.25, 0.3) is 11.6 Å². The van der Waals surface area contributed by atoms with Gasteiger partial charge in [-0.3, -0.25) is 4.68 Å². The van der Waals surface area contributed by atoms with Gasteiger partial charge in [0.05, 0.1) is 5.69 Å². The first-order valence-corrected chi connectivity index (χ1v) is 4.20. The third-order valence-electron chi connectivity index (χ3n) is 2.06. The Balaban J connectivity index is 2.41. The van der Waals surface area contributed by atoms with Gasteiger partial charge in [-0.25, -0.2) is 13.8 Å². The van der Waals surface area contributed by atoms with E-state index in [9.17, 15) is 8.78 Å². The van der Waals surface area contributed by atoms with Crippen LogP contribution in [0.3, 0.4) is 0 Å². The van der Waals surface area contributed by atoms with Crippen LogP contribution in [0.15, 0.2) is 10.7 Å². The molecule has 0 fully saturated rings.